The van der Waals surface area contributed by atoms with E-state index in [1.807, 2.05) is 0 Å². The summed E-state index contributed by atoms with van der Waals surface area (Å²) >= 11 is 0. The van der Waals surface area contributed by atoms with E-state index in [9.17, 15) is 14.9 Å². The Labute approximate surface area is 173 Å². The predicted molar refractivity (Wildman–Crippen MR) is 107 cm³/mol. The number of non-ortho nitro benzene ring substituents is 1. The lowest BCUT2D eigenvalue weighted by Gasteiger charge is -2.28. The molecular weight excluding hydrogens is 386 g/mol. The summed E-state index contributed by atoms with van der Waals surface area (Å²) in [5.41, 5.74) is 3.32. The largest absolute Gasteiger partial charge is 0.461 e. The van der Waals surface area contributed by atoms with Crippen molar-refractivity contribution in [1.29, 1.82) is 0 Å². The van der Waals surface area contributed by atoms with Gasteiger partial charge in [-0.25, -0.2) is 0 Å². The second kappa shape index (κ2) is 5.91. The van der Waals surface area contributed by atoms with Gasteiger partial charge in [0.1, 0.15) is 11.7 Å². The molecule has 1 saturated carbocycles. The van der Waals surface area contributed by atoms with Gasteiger partial charge in [-0.15, -0.1) is 0 Å². The van der Waals surface area contributed by atoms with Crippen LogP contribution in [0.4, 0.5) is 5.69 Å². The molecule has 0 bridgehead atoms. The van der Waals surface area contributed by atoms with Gasteiger partial charge in [-0.05, 0) is 39.2 Å². The average molecular weight is 409 g/mol. The molecular formula is C22H23N3O5. The van der Waals surface area contributed by atoms with Crippen molar-refractivity contribution in [1.82, 2.24) is 9.78 Å². The molecule has 0 unspecified atom stereocenters. The Morgan fingerprint density at radius 1 is 1.40 bits per heavy atom. The van der Waals surface area contributed by atoms with Crippen LogP contribution < -0.4 is 0 Å². The Balaban J connectivity index is 1.34. The van der Waals surface area contributed by atoms with Gasteiger partial charge in [0.15, 0.2) is 0 Å². The Hall–Kier alpha value is -2.74. The molecule has 156 valence electrons. The lowest BCUT2D eigenvalue weighted by Crippen LogP contribution is -2.36. The van der Waals surface area contributed by atoms with E-state index in [0.29, 0.717) is 12.1 Å². The van der Waals surface area contributed by atoms with E-state index < -0.39 is 4.92 Å². The number of epoxide rings is 1. The third kappa shape index (κ3) is 2.37. The number of nitrogens with zero attached hydrogens (tertiary/aromatic N) is 3. The molecule has 0 amide bonds. The normalized spacial score (nSPS) is 36.9. The third-order valence-electron chi connectivity index (χ3n) is 7.81. The van der Waals surface area contributed by atoms with Gasteiger partial charge in [-0.3, -0.25) is 19.6 Å². The number of fused-ring (bicyclic) bond motifs is 6. The minimum Gasteiger partial charge on any atom is -0.461 e. The standard InChI is InChI=1S/C22H23N3O5/c1-11-3-6-14-16(10-24-17-7-13(25(27)28)5-4-12(17)9-23-24)21(26)29-20(14)19-15(11)8-18-22(19,2)30-18/h4-5,7,9,14,16,18-20H,3,6,8,10H2,1-2H3/t14-,16-,18+,19-,20-,22+/m0/s1. The molecule has 1 aromatic heterocycles. The van der Waals surface area contributed by atoms with E-state index in [1.54, 1.807) is 16.9 Å². The number of allylic oxidation sites excluding steroid dienone is 1. The first-order valence-corrected chi connectivity index (χ1v) is 10.5. The summed E-state index contributed by atoms with van der Waals surface area (Å²) in [7, 11) is 0. The SMILES string of the molecule is CC1=C2C[C@H]3O[C@@]3(C)[C@@H]2[C@H]2OC(=O)[C@@H](Cn3ncc4ccc([N+](=O)[O-])cc43)[C@@H]2CC1. The number of ether oxygens (including phenoxy) is 2. The van der Waals surface area contributed by atoms with Crippen molar-refractivity contribution in [3.8, 4) is 0 Å². The van der Waals surface area contributed by atoms with E-state index in [-0.39, 0.29) is 47.2 Å². The molecule has 8 nitrogen and oxygen atoms in total. The maximum Gasteiger partial charge on any atom is 0.311 e. The van der Waals surface area contributed by atoms with Gasteiger partial charge in [0.25, 0.3) is 5.69 Å². The molecule has 3 heterocycles. The highest BCUT2D eigenvalue weighted by Gasteiger charge is 2.69. The van der Waals surface area contributed by atoms with E-state index in [1.165, 1.54) is 23.3 Å². The number of carbonyl (C=O) groups is 1. The van der Waals surface area contributed by atoms with Crippen LogP contribution in [-0.2, 0) is 20.8 Å². The maximum absolute atomic E-state index is 13.0. The molecule has 8 heteroatoms. The van der Waals surface area contributed by atoms with Crippen LogP contribution in [-0.4, -0.2) is 38.5 Å². The van der Waals surface area contributed by atoms with Crippen LogP contribution in [0.3, 0.4) is 0 Å². The zero-order valence-corrected chi connectivity index (χ0v) is 16.9. The van der Waals surface area contributed by atoms with Crippen LogP contribution in [0.1, 0.15) is 33.1 Å². The lowest BCUT2D eigenvalue weighted by molar-refractivity contribution is -0.384. The molecule has 2 aliphatic carbocycles. The monoisotopic (exact) mass is 409 g/mol. The Morgan fingerprint density at radius 3 is 3.03 bits per heavy atom. The number of esters is 1. The van der Waals surface area contributed by atoms with Gasteiger partial charge in [-0.1, -0.05) is 11.1 Å². The van der Waals surface area contributed by atoms with E-state index in [4.69, 9.17) is 9.47 Å². The van der Waals surface area contributed by atoms with Crippen LogP contribution in [0.15, 0.2) is 35.5 Å². The highest BCUT2D eigenvalue weighted by atomic mass is 16.6. The van der Waals surface area contributed by atoms with Crippen molar-refractivity contribution in [2.45, 2.75) is 57.5 Å². The number of carbonyl (C=O) groups excluding carboxylic acids is 1. The summed E-state index contributed by atoms with van der Waals surface area (Å²) in [5.74, 6) is -0.274. The first-order chi connectivity index (χ1) is 14.4. The fraction of sp³-hybridized carbons (Fsp3) is 0.545. The highest BCUT2D eigenvalue weighted by molar-refractivity contribution is 5.81. The third-order valence-corrected chi connectivity index (χ3v) is 7.81. The fourth-order valence-corrected chi connectivity index (χ4v) is 6.08. The summed E-state index contributed by atoms with van der Waals surface area (Å²) < 4.78 is 13.7. The van der Waals surface area contributed by atoms with Crippen molar-refractivity contribution in [2.75, 3.05) is 0 Å². The van der Waals surface area contributed by atoms with Crippen molar-refractivity contribution in [3.63, 3.8) is 0 Å². The quantitative estimate of drug-likeness (QED) is 0.253. The van der Waals surface area contributed by atoms with Crippen molar-refractivity contribution < 1.29 is 19.2 Å². The first-order valence-electron chi connectivity index (χ1n) is 10.5. The van der Waals surface area contributed by atoms with E-state index in [0.717, 1.165) is 24.6 Å². The molecule has 2 saturated heterocycles. The van der Waals surface area contributed by atoms with Gasteiger partial charge in [0.2, 0.25) is 0 Å². The van der Waals surface area contributed by atoms with Crippen LogP contribution in [0.5, 0.6) is 0 Å². The summed E-state index contributed by atoms with van der Waals surface area (Å²) in [4.78, 5) is 23.7. The summed E-state index contributed by atoms with van der Waals surface area (Å²) in [6, 6.07) is 4.70. The molecule has 6 rings (SSSR count). The molecule has 3 fully saturated rings. The topological polar surface area (TPSA) is 99.8 Å². The zero-order valence-electron chi connectivity index (χ0n) is 16.9. The molecule has 0 spiro atoms. The van der Waals surface area contributed by atoms with E-state index in [2.05, 4.69) is 18.9 Å². The van der Waals surface area contributed by atoms with Crippen molar-refractivity contribution >= 4 is 22.6 Å². The molecule has 6 atom stereocenters. The van der Waals surface area contributed by atoms with Gasteiger partial charge >= 0.3 is 5.97 Å². The second-order valence-electron chi connectivity index (χ2n) is 9.32. The number of benzene rings is 1. The van der Waals surface area contributed by atoms with Crippen LogP contribution in [0.25, 0.3) is 10.9 Å². The van der Waals surface area contributed by atoms with Crippen LogP contribution >= 0.6 is 0 Å². The molecule has 0 N–H and O–H groups in total. The van der Waals surface area contributed by atoms with Gasteiger partial charge in [0.05, 0.1) is 35.2 Å². The molecule has 30 heavy (non-hydrogen) atoms. The Bertz CT molecular complexity index is 1140. The van der Waals surface area contributed by atoms with Crippen molar-refractivity contribution in [2.24, 2.45) is 17.8 Å². The fourth-order valence-electron chi connectivity index (χ4n) is 6.08. The molecule has 4 aliphatic rings. The lowest BCUT2D eigenvalue weighted by atomic mass is 9.78. The Morgan fingerprint density at radius 2 is 2.23 bits per heavy atom. The van der Waals surface area contributed by atoms with Gasteiger partial charge in [-0.2, -0.15) is 5.10 Å². The van der Waals surface area contributed by atoms with E-state index >= 15 is 0 Å². The summed E-state index contributed by atoms with van der Waals surface area (Å²) in [6.45, 7) is 4.72. The highest BCUT2D eigenvalue weighted by Crippen LogP contribution is 2.62. The number of nitro groups is 1. The number of hydrogen-bond acceptors (Lipinski definition) is 6. The smallest absolute Gasteiger partial charge is 0.311 e. The molecule has 2 aliphatic heterocycles. The number of nitro benzene ring substituents is 1. The number of hydrogen-bond donors (Lipinski definition) is 0. The molecule has 1 aromatic carbocycles. The summed E-state index contributed by atoms with van der Waals surface area (Å²) in [5, 5.41) is 16.4. The zero-order chi connectivity index (χ0) is 20.8. The van der Waals surface area contributed by atoms with Crippen LogP contribution in [0.2, 0.25) is 0 Å². The first kappa shape index (κ1) is 18.1. The van der Waals surface area contributed by atoms with Crippen molar-refractivity contribution in [3.05, 3.63) is 45.7 Å². The Kier molecular flexibility index (Phi) is 3.56. The van der Waals surface area contributed by atoms with Gasteiger partial charge in [0, 0.05) is 29.4 Å². The number of aromatic nitrogens is 2. The number of rotatable bonds is 3. The maximum atomic E-state index is 13.0. The molecule has 2 aromatic rings. The second-order valence-corrected chi connectivity index (χ2v) is 9.32. The van der Waals surface area contributed by atoms with Gasteiger partial charge < -0.3 is 9.47 Å². The minimum atomic E-state index is -0.412. The minimum absolute atomic E-state index is 0.0193. The molecule has 0 radical (unpaired) electrons. The van der Waals surface area contributed by atoms with Crippen LogP contribution in [0, 0.1) is 27.9 Å². The summed E-state index contributed by atoms with van der Waals surface area (Å²) in [6.07, 6.45) is 4.59. The predicted octanol–water partition coefficient (Wildman–Crippen LogP) is 3.39. The average Bonchev–Trinajstić information content (AvgIpc) is 2.98.